The van der Waals surface area contributed by atoms with Gasteiger partial charge in [-0.15, -0.1) is 0 Å². The molecule has 3 nitrogen and oxygen atoms in total. The zero-order valence-corrected chi connectivity index (χ0v) is 13.9. The van der Waals surface area contributed by atoms with Crippen LogP contribution in [0.1, 0.15) is 23.2 Å². The first-order valence-electron chi connectivity index (χ1n) is 8.74. The van der Waals surface area contributed by atoms with Gasteiger partial charge in [0.2, 0.25) is 0 Å². The number of ether oxygens (including phenoxy) is 1. The second-order valence-corrected chi connectivity index (χ2v) is 6.86. The zero-order valence-electron chi connectivity index (χ0n) is 13.9. The molecule has 3 heteroatoms. The molecule has 4 rings (SSSR count). The van der Waals surface area contributed by atoms with Crippen molar-refractivity contribution in [1.82, 2.24) is 0 Å². The number of allylic oxidation sites excluding steroid dienone is 2. The molecule has 25 heavy (non-hydrogen) atoms. The van der Waals surface area contributed by atoms with E-state index in [9.17, 15) is 9.59 Å². The molecule has 2 aromatic carbocycles. The highest BCUT2D eigenvalue weighted by Crippen LogP contribution is 2.43. The van der Waals surface area contributed by atoms with Crippen molar-refractivity contribution in [1.29, 1.82) is 0 Å². The summed E-state index contributed by atoms with van der Waals surface area (Å²) in [5.74, 6) is 0.363. The fourth-order valence-electron chi connectivity index (χ4n) is 3.86. The van der Waals surface area contributed by atoms with Crippen LogP contribution < -0.4 is 0 Å². The first-order valence-corrected chi connectivity index (χ1v) is 8.74. The van der Waals surface area contributed by atoms with E-state index in [1.165, 1.54) is 0 Å². The number of hydrogen-bond donors (Lipinski definition) is 0. The molecule has 126 valence electrons. The van der Waals surface area contributed by atoms with Crippen molar-refractivity contribution in [2.45, 2.75) is 12.8 Å². The van der Waals surface area contributed by atoms with Crippen molar-refractivity contribution in [2.75, 3.05) is 6.61 Å². The molecule has 0 spiro atoms. The van der Waals surface area contributed by atoms with Gasteiger partial charge < -0.3 is 4.74 Å². The SMILES string of the molecule is O=C(COC(=O)C1CC2C=CC1C2)c1ccc(-c2ccccc2)cc1. The summed E-state index contributed by atoms with van der Waals surface area (Å²) in [5, 5.41) is 0. The summed E-state index contributed by atoms with van der Waals surface area (Å²) in [7, 11) is 0. The lowest BCUT2D eigenvalue weighted by Crippen LogP contribution is -2.24. The molecule has 2 aliphatic carbocycles. The van der Waals surface area contributed by atoms with Crippen LogP contribution in [0.15, 0.2) is 66.7 Å². The number of carbonyl (C=O) groups is 2. The van der Waals surface area contributed by atoms with E-state index in [2.05, 4.69) is 12.2 Å². The van der Waals surface area contributed by atoms with E-state index in [1.807, 2.05) is 42.5 Å². The van der Waals surface area contributed by atoms with E-state index in [4.69, 9.17) is 4.74 Å². The summed E-state index contributed by atoms with van der Waals surface area (Å²) in [5.41, 5.74) is 2.74. The normalized spacial score (nSPS) is 23.6. The summed E-state index contributed by atoms with van der Waals surface area (Å²) in [6.07, 6.45) is 6.22. The average Bonchev–Trinajstić information content (AvgIpc) is 3.30. The lowest BCUT2D eigenvalue weighted by molar-refractivity contribution is -0.148. The van der Waals surface area contributed by atoms with Crippen LogP contribution >= 0.6 is 0 Å². The van der Waals surface area contributed by atoms with Crippen LogP contribution in [-0.2, 0) is 9.53 Å². The Bertz CT molecular complexity index is 805. The van der Waals surface area contributed by atoms with E-state index in [-0.39, 0.29) is 24.3 Å². The Morgan fingerprint density at radius 2 is 1.60 bits per heavy atom. The number of ketones is 1. The maximum atomic E-state index is 12.3. The molecule has 2 aromatic rings. The Kier molecular flexibility index (Phi) is 4.22. The van der Waals surface area contributed by atoms with Crippen LogP contribution in [0.3, 0.4) is 0 Å². The van der Waals surface area contributed by atoms with Gasteiger partial charge in [-0.1, -0.05) is 66.7 Å². The van der Waals surface area contributed by atoms with Crippen LogP contribution in [0.25, 0.3) is 11.1 Å². The van der Waals surface area contributed by atoms with E-state index in [0.717, 1.165) is 24.0 Å². The highest BCUT2D eigenvalue weighted by molar-refractivity contribution is 5.98. The van der Waals surface area contributed by atoms with Crippen LogP contribution in [-0.4, -0.2) is 18.4 Å². The molecule has 1 saturated carbocycles. The third kappa shape index (κ3) is 3.27. The van der Waals surface area contributed by atoms with Crippen molar-refractivity contribution in [3.8, 4) is 11.1 Å². The summed E-state index contributed by atoms with van der Waals surface area (Å²) in [6.45, 7) is -0.179. The van der Waals surface area contributed by atoms with Gasteiger partial charge in [-0.05, 0) is 35.8 Å². The highest BCUT2D eigenvalue weighted by Gasteiger charge is 2.40. The minimum Gasteiger partial charge on any atom is -0.457 e. The number of Topliss-reactive ketones (excluding diaryl/α,β-unsaturated/α-hetero) is 1. The Hall–Kier alpha value is -2.68. The molecule has 3 unspecified atom stereocenters. The van der Waals surface area contributed by atoms with Gasteiger partial charge >= 0.3 is 5.97 Å². The monoisotopic (exact) mass is 332 g/mol. The minimum atomic E-state index is -0.230. The molecule has 0 aromatic heterocycles. The molecule has 2 bridgehead atoms. The number of hydrogen-bond acceptors (Lipinski definition) is 3. The Morgan fingerprint density at radius 3 is 2.24 bits per heavy atom. The van der Waals surface area contributed by atoms with Crippen molar-refractivity contribution in [3.63, 3.8) is 0 Å². The molecule has 0 aliphatic heterocycles. The topological polar surface area (TPSA) is 43.4 Å². The molecule has 0 amide bonds. The van der Waals surface area contributed by atoms with Crippen LogP contribution in [0, 0.1) is 17.8 Å². The largest absolute Gasteiger partial charge is 0.457 e. The summed E-state index contributed by atoms with van der Waals surface area (Å²) < 4.78 is 5.29. The Labute approximate surface area is 147 Å². The van der Waals surface area contributed by atoms with Gasteiger partial charge in [0.15, 0.2) is 12.4 Å². The Balaban J connectivity index is 1.35. The number of carbonyl (C=O) groups excluding carboxylic acids is 2. The van der Waals surface area contributed by atoms with Gasteiger partial charge in [0.25, 0.3) is 0 Å². The minimum absolute atomic E-state index is 0.0664. The summed E-state index contributed by atoms with van der Waals surface area (Å²) in [6, 6.07) is 17.4. The van der Waals surface area contributed by atoms with Gasteiger partial charge in [0.1, 0.15) is 0 Å². The first-order chi connectivity index (χ1) is 12.2. The maximum absolute atomic E-state index is 12.3. The molecule has 0 heterocycles. The molecule has 0 saturated heterocycles. The lowest BCUT2D eigenvalue weighted by atomic mass is 9.94. The standard InChI is InChI=1S/C22H20O3/c23-21(14-25-22(24)20-13-15-6-7-19(20)12-15)18-10-8-17(9-11-18)16-4-2-1-3-5-16/h1-11,15,19-20H,12-14H2. The molecular weight excluding hydrogens is 312 g/mol. The van der Waals surface area contributed by atoms with E-state index >= 15 is 0 Å². The zero-order chi connectivity index (χ0) is 17.2. The second kappa shape index (κ2) is 6.67. The van der Waals surface area contributed by atoms with Crippen LogP contribution in [0.4, 0.5) is 0 Å². The molecule has 3 atom stereocenters. The van der Waals surface area contributed by atoms with Crippen molar-refractivity contribution in [2.24, 2.45) is 17.8 Å². The molecule has 2 aliphatic rings. The quantitative estimate of drug-likeness (QED) is 0.466. The van der Waals surface area contributed by atoms with Crippen LogP contribution in [0.5, 0.6) is 0 Å². The van der Waals surface area contributed by atoms with E-state index in [0.29, 0.717) is 17.4 Å². The number of benzene rings is 2. The predicted molar refractivity (Wildman–Crippen MR) is 96.0 cm³/mol. The average molecular weight is 332 g/mol. The van der Waals surface area contributed by atoms with E-state index < -0.39 is 0 Å². The third-order valence-corrected chi connectivity index (χ3v) is 5.24. The smallest absolute Gasteiger partial charge is 0.310 e. The summed E-state index contributed by atoms with van der Waals surface area (Å²) in [4.78, 5) is 24.5. The molecule has 0 N–H and O–H groups in total. The molecular formula is C22H20O3. The van der Waals surface area contributed by atoms with Crippen LogP contribution in [0.2, 0.25) is 0 Å². The van der Waals surface area contributed by atoms with Crippen molar-refractivity contribution >= 4 is 11.8 Å². The molecule has 0 radical (unpaired) electrons. The fourth-order valence-corrected chi connectivity index (χ4v) is 3.86. The van der Waals surface area contributed by atoms with Gasteiger partial charge in [-0.25, -0.2) is 0 Å². The van der Waals surface area contributed by atoms with Gasteiger partial charge in [-0.3, -0.25) is 9.59 Å². The predicted octanol–water partition coefficient (Wildman–Crippen LogP) is 4.29. The fraction of sp³-hybridized carbons (Fsp3) is 0.273. The number of esters is 1. The van der Waals surface area contributed by atoms with Crippen molar-refractivity contribution < 1.29 is 14.3 Å². The highest BCUT2D eigenvalue weighted by atomic mass is 16.5. The second-order valence-electron chi connectivity index (χ2n) is 6.86. The first kappa shape index (κ1) is 15.8. The lowest BCUT2D eigenvalue weighted by Gasteiger charge is -2.16. The van der Waals surface area contributed by atoms with Gasteiger partial charge in [-0.2, -0.15) is 0 Å². The molecule has 1 fully saturated rings. The third-order valence-electron chi connectivity index (χ3n) is 5.24. The van der Waals surface area contributed by atoms with E-state index in [1.54, 1.807) is 12.1 Å². The van der Waals surface area contributed by atoms with Gasteiger partial charge in [0, 0.05) is 5.56 Å². The number of rotatable bonds is 5. The van der Waals surface area contributed by atoms with Gasteiger partial charge in [0.05, 0.1) is 5.92 Å². The number of fused-ring (bicyclic) bond motifs is 2. The Morgan fingerprint density at radius 1 is 0.880 bits per heavy atom. The maximum Gasteiger partial charge on any atom is 0.310 e. The van der Waals surface area contributed by atoms with Crippen molar-refractivity contribution in [3.05, 3.63) is 72.3 Å². The summed E-state index contributed by atoms with van der Waals surface area (Å²) >= 11 is 0.